The van der Waals surface area contributed by atoms with Gasteiger partial charge in [-0.3, -0.25) is 4.79 Å². The van der Waals surface area contributed by atoms with Gasteiger partial charge in [0, 0.05) is 21.7 Å². The maximum Gasteiger partial charge on any atom is 0.299 e. The van der Waals surface area contributed by atoms with Crippen molar-refractivity contribution >= 4 is 46.3 Å². The number of hydrogen-bond acceptors (Lipinski definition) is 5. The molecule has 1 N–H and O–H groups in total. The minimum Gasteiger partial charge on any atom is -0.423 e. The summed E-state index contributed by atoms with van der Waals surface area (Å²) in [6.45, 7) is 0. The number of nitrogens with one attached hydrogen (secondary N) is 1. The highest BCUT2D eigenvalue weighted by Crippen LogP contribution is 2.39. The van der Waals surface area contributed by atoms with E-state index in [1.807, 2.05) is 24.3 Å². The van der Waals surface area contributed by atoms with Gasteiger partial charge in [0.2, 0.25) is 5.78 Å². The van der Waals surface area contributed by atoms with Crippen LogP contribution < -0.4 is 5.32 Å². The molecule has 0 aliphatic carbocycles. The van der Waals surface area contributed by atoms with Gasteiger partial charge in [0.25, 0.3) is 6.01 Å². The van der Waals surface area contributed by atoms with Crippen LogP contribution in [0.2, 0.25) is 5.02 Å². The van der Waals surface area contributed by atoms with E-state index in [4.69, 9.17) is 16.0 Å². The van der Waals surface area contributed by atoms with Crippen molar-refractivity contribution in [2.75, 3.05) is 5.32 Å². The van der Waals surface area contributed by atoms with Crippen LogP contribution in [-0.2, 0) is 0 Å². The van der Waals surface area contributed by atoms with Crippen molar-refractivity contribution in [3.05, 3.63) is 64.2 Å². The molecule has 0 atom stereocenters. The van der Waals surface area contributed by atoms with E-state index in [1.54, 1.807) is 24.4 Å². The van der Waals surface area contributed by atoms with Gasteiger partial charge in [-0.05, 0) is 30.3 Å². The van der Waals surface area contributed by atoms with Crippen molar-refractivity contribution in [1.29, 1.82) is 0 Å². The van der Waals surface area contributed by atoms with Crippen LogP contribution in [0.5, 0.6) is 0 Å². The molecule has 6 heteroatoms. The lowest BCUT2D eigenvalue weighted by Gasteiger charge is -1.95. The maximum absolute atomic E-state index is 12.2. The van der Waals surface area contributed by atoms with Gasteiger partial charge in [-0.25, -0.2) is 0 Å². The van der Waals surface area contributed by atoms with E-state index in [9.17, 15) is 4.79 Å². The summed E-state index contributed by atoms with van der Waals surface area (Å²) in [6, 6.07) is 13.1. The third kappa shape index (κ3) is 2.28. The Bertz CT molecular complexity index is 933. The van der Waals surface area contributed by atoms with Crippen LogP contribution in [-0.4, -0.2) is 10.8 Å². The summed E-state index contributed by atoms with van der Waals surface area (Å²) in [5.74, 6) is 0.00672. The molecule has 1 aromatic heterocycles. The highest BCUT2D eigenvalue weighted by atomic mass is 35.5. The van der Waals surface area contributed by atoms with Gasteiger partial charge in [0.1, 0.15) is 5.52 Å². The van der Waals surface area contributed by atoms with E-state index < -0.39 is 0 Å². The molecule has 0 unspecified atom stereocenters. The lowest BCUT2D eigenvalue weighted by atomic mass is 10.1. The minimum atomic E-state index is 0.00672. The number of allylic oxidation sites excluding steroid dienone is 1. The molecule has 0 spiro atoms. The molecule has 4 nitrogen and oxygen atoms in total. The highest BCUT2D eigenvalue weighted by Gasteiger charge is 2.25. The minimum absolute atomic E-state index is 0.00672. The normalized spacial score (nSPS) is 15.5. The number of rotatable bonds is 2. The molecule has 0 fully saturated rings. The molecule has 0 radical (unpaired) electrons. The van der Waals surface area contributed by atoms with Crippen molar-refractivity contribution in [3.63, 3.8) is 0 Å². The number of carbonyl (C=O) groups is 1. The van der Waals surface area contributed by atoms with Crippen LogP contribution in [0.25, 0.3) is 11.1 Å². The average molecular weight is 329 g/mol. The molecule has 0 bridgehead atoms. The Kier molecular flexibility index (Phi) is 3.17. The molecule has 2 aromatic carbocycles. The second-order valence-corrected chi connectivity index (χ2v) is 6.23. The number of ketones is 1. The van der Waals surface area contributed by atoms with E-state index in [1.165, 1.54) is 11.8 Å². The summed E-state index contributed by atoms with van der Waals surface area (Å²) in [4.78, 5) is 18.1. The number of Topliss-reactive ketones (excluding diaryl/α,β-unsaturated/α-hetero) is 1. The number of hydrogen-bond donors (Lipinski definition) is 1. The van der Waals surface area contributed by atoms with Crippen molar-refractivity contribution in [3.8, 4) is 0 Å². The number of anilines is 1. The zero-order valence-corrected chi connectivity index (χ0v) is 12.7. The van der Waals surface area contributed by atoms with Crippen molar-refractivity contribution in [1.82, 2.24) is 4.98 Å². The number of thioether (sulfide) groups is 1. The van der Waals surface area contributed by atoms with E-state index in [-0.39, 0.29) is 5.78 Å². The molecule has 1 aliphatic rings. The first-order valence-electron chi connectivity index (χ1n) is 6.55. The fourth-order valence-corrected chi connectivity index (χ4v) is 3.37. The van der Waals surface area contributed by atoms with Crippen LogP contribution in [0.4, 0.5) is 6.01 Å². The van der Waals surface area contributed by atoms with Crippen molar-refractivity contribution < 1.29 is 9.21 Å². The SMILES string of the molecule is O=C1/C(=C/Nc2nc3cc(Cl)ccc3o2)Sc2ccccc21. The van der Waals surface area contributed by atoms with E-state index in [2.05, 4.69) is 10.3 Å². The van der Waals surface area contributed by atoms with Crippen LogP contribution in [0, 0.1) is 0 Å². The molecular weight excluding hydrogens is 320 g/mol. The number of nitrogens with zero attached hydrogens (tertiary/aromatic N) is 1. The Morgan fingerprint density at radius 1 is 1.23 bits per heavy atom. The predicted molar refractivity (Wildman–Crippen MR) is 87.4 cm³/mol. The Labute approximate surface area is 135 Å². The summed E-state index contributed by atoms with van der Waals surface area (Å²) in [5.41, 5.74) is 2.03. The number of carbonyl (C=O) groups excluding carboxylic acids is 1. The quantitative estimate of drug-likeness (QED) is 0.690. The van der Waals surface area contributed by atoms with Crippen LogP contribution in [0.15, 0.2) is 62.9 Å². The van der Waals surface area contributed by atoms with E-state index in [0.29, 0.717) is 27.0 Å². The standard InChI is InChI=1S/C16H9ClN2O2S/c17-9-5-6-12-11(7-9)19-16(21-12)18-8-14-15(20)10-3-1-2-4-13(10)22-14/h1-8H,(H,18,19)/b14-8-. The highest BCUT2D eigenvalue weighted by molar-refractivity contribution is 8.04. The third-order valence-electron chi connectivity index (χ3n) is 3.25. The Balaban J connectivity index is 1.60. The first-order chi connectivity index (χ1) is 10.7. The zero-order valence-electron chi connectivity index (χ0n) is 11.2. The second kappa shape index (κ2) is 5.19. The molecule has 0 saturated carbocycles. The van der Waals surface area contributed by atoms with E-state index in [0.717, 1.165) is 10.5 Å². The fraction of sp³-hybridized carbons (Fsp3) is 0. The monoisotopic (exact) mass is 328 g/mol. The number of oxazole rings is 1. The summed E-state index contributed by atoms with van der Waals surface area (Å²) < 4.78 is 5.55. The summed E-state index contributed by atoms with van der Waals surface area (Å²) in [6.07, 6.45) is 1.62. The van der Waals surface area contributed by atoms with Gasteiger partial charge in [-0.1, -0.05) is 35.5 Å². The topological polar surface area (TPSA) is 55.1 Å². The van der Waals surface area contributed by atoms with Crippen molar-refractivity contribution in [2.45, 2.75) is 4.90 Å². The smallest absolute Gasteiger partial charge is 0.299 e. The number of benzene rings is 2. The van der Waals surface area contributed by atoms with Gasteiger partial charge in [-0.2, -0.15) is 4.98 Å². The zero-order chi connectivity index (χ0) is 15.1. The maximum atomic E-state index is 12.2. The van der Waals surface area contributed by atoms with Crippen molar-refractivity contribution in [2.24, 2.45) is 0 Å². The number of halogens is 1. The lowest BCUT2D eigenvalue weighted by Crippen LogP contribution is -1.97. The summed E-state index contributed by atoms with van der Waals surface area (Å²) in [7, 11) is 0. The van der Waals surface area contributed by atoms with Crippen LogP contribution >= 0.6 is 23.4 Å². The number of aromatic nitrogens is 1. The van der Waals surface area contributed by atoms with E-state index >= 15 is 0 Å². The van der Waals surface area contributed by atoms with Gasteiger partial charge in [0.05, 0.1) is 4.91 Å². The second-order valence-electron chi connectivity index (χ2n) is 4.71. The summed E-state index contributed by atoms with van der Waals surface area (Å²) >= 11 is 7.35. The number of fused-ring (bicyclic) bond motifs is 2. The largest absolute Gasteiger partial charge is 0.423 e. The molecule has 2 heterocycles. The lowest BCUT2D eigenvalue weighted by molar-refractivity contribution is 0.104. The molecule has 3 aromatic rings. The Morgan fingerprint density at radius 2 is 2.09 bits per heavy atom. The molecule has 108 valence electrons. The average Bonchev–Trinajstić information content (AvgIpc) is 3.06. The predicted octanol–water partition coefficient (Wildman–Crippen LogP) is 4.72. The molecule has 1 aliphatic heterocycles. The Hall–Kier alpha value is -2.24. The first kappa shape index (κ1) is 13.4. The fourth-order valence-electron chi connectivity index (χ4n) is 2.23. The van der Waals surface area contributed by atoms with Gasteiger partial charge in [-0.15, -0.1) is 0 Å². The first-order valence-corrected chi connectivity index (χ1v) is 7.74. The van der Waals surface area contributed by atoms with Gasteiger partial charge < -0.3 is 9.73 Å². The molecular formula is C16H9ClN2O2S. The van der Waals surface area contributed by atoms with Gasteiger partial charge >= 0.3 is 0 Å². The molecule has 22 heavy (non-hydrogen) atoms. The molecule has 0 saturated heterocycles. The van der Waals surface area contributed by atoms with Crippen LogP contribution in [0.1, 0.15) is 10.4 Å². The third-order valence-corrected chi connectivity index (χ3v) is 4.59. The summed E-state index contributed by atoms with van der Waals surface area (Å²) in [5, 5.41) is 3.54. The molecule has 4 rings (SSSR count). The van der Waals surface area contributed by atoms with Gasteiger partial charge in [0.15, 0.2) is 5.58 Å². The molecule has 0 amide bonds. The van der Waals surface area contributed by atoms with Crippen LogP contribution in [0.3, 0.4) is 0 Å². The Morgan fingerprint density at radius 3 is 2.95 bits per heavy atom.